The SMILES string of the molecule is CC(C)N1C(=O)C(=O)N/C1=N\C(N)=Nc1ccccc1. The molecular formula is C13H15N5O2. The number of para-hydroxylation sites is 1. The molecule has 0 unspecified atom stereocenters. The summed E-state index contributed by atoms with van der Waals surface area (Å²) in [6.45, 7) is 3.55. The van der Waals surface area contributed by atoms with Crippen LogP contribution in [0.4, 0.5) is 5.69 Å². The minimum Gasteiger partial charge on any atom is -0.368 e. The van der Waals surface area contributed by atoms with Crippen molar-refractivity contribution < 1.29 is 9.59 Å². The standard InChI is InChI=1S/C13H15N5O2/c1-8(2)18-11(20)10(19)16-13(18)17-12(14)15-9-6-4-3-5-7-9/h3-8H,1-2H3,(H3,14,15,16,17,19). The summed E-state index contributed by atoms with van der Waals surface area (Å²) in [7, 11) is 0. The number of hydrogen-bond acceptors (Lipinski definition) is 3. The number of amides is 2. The van der Waals surface area contributed by atoms with Crippen molar-refractivity contribution >= 4 is 29.4 Å². The van der Waals surface area contributed by atoms with Crippen molar-refractivity contribution in [2.24, 2.45) is 15.7 Å². The molecule has 0 atom stereocenters. The number of guanidine groups is 2. The van der Waals surface area contributed by atoms with Gasteiger partial charge in [-0.25, -0.2) is 4.99 Å². The molecule has 0 radical (unpaired) electrons. The van der Waals surface area contributed by atoms with Gasteiger partial charge in [0, 0.05) is 6.04 Å². The van der Waals surface area contributed by atoms with E-state index in [9.17, 15) is 9.59 Å². The van der Waals surface area contributed by atoms with Crippen molar-refractivity contribution in [2.45, 2.75) is 19.9 Å². The quantitative estimate of drug-likeness (QED) is 0.462. The van der Waals surface area contributed by atoms with E-state index in [-0.39, 0.29) is 18.0 Å². The van der Waals surface area contributed by atoms with Crippen LogP contribution in [-0.4, -0.2) is 34.7 Å². The second-order valence-electron chi connectivity index (χ2n) is 4.46. The number of nitrogens with one attached hydrogen (secondary N) is 1. The topological polar surface area (TPSA) is 100 Å². The molecule has 0 saturated carbocycles. The summed E-state index contributed by atoms with van der Waals surface area (Å²) < 4.78 is 0. The number of nitrogens with two attached hydrogens (primary N) is 1. The van der Waals surface area contributed by atoms with Crippen molar-refractivity contribution in [3.63, 3.8) is 0 Å². The van der Waals surface area contributed by atoms with E-state index in [1.807, 2.05) is 18.2 Å². The Balaban J connectivity index is 2.28. The van der Waals surface area contributed by atoms with Gasteiger partial charge in [-0.3, -0.25) is 19.8 Å². The van der Waals surface area contributed by atoms with Gasteiger partial charge in [0.2, 0.25) is 11.9 Å². The van der Waals surface area contributed by atoms with E-state index in [1.165, 1.54) is 4.90 Å². The molecule has 0 aliphatic carbocycles. The summed E-state index contributed by atoms with van der Waals surface area (Å²) in [6, 6.07) is 8.83. The highest BCUT2D eigenvalue weighted by molar-refractivity contribution is 6.45. The molecule has 7 nitrogen and oxygen atoms in total. The van der Waals surface area contributed by atoms with E-state index in [2.05, 4.69) is 15.3 Å². The Hall–Kier alpha value is -2.70. The predicted octanol–water partition coefficient (Wildman–Crippen LogP) is 0.356. The van der Waals surface area contributed by atoms with E-state index in [0.717, 1.165) is 0 Å². The molecule has 3 N–H and O–H groups in total. The molecule has 1 saturated heterocycles. The Labute approximate surface area is 116 Å². The first-order valence-electron chi connectivity index (χ1n) is 6.11. The number of rotatable bonds is 2. The maximum atomic E-state index is 11.6. The molecule has 1 aliphatic rings. The molecule has 0 aromatic heterocycles. The summed E-state index contributed by atoms with van der Waals surface area (Å²) in [6.07, 6.45) is 0. The predicted molar refractivity (Wildman–Crippen MR) is 75.3 cm³/mol. The first kappa shape index (κ1) is 13.7. The minimum absolute atomic E-state index is 0.0353. The maximum Gasteiger partial charge on any atom is 0.319 e. The van der Waals surface area contributed by atoms with Gasteiger partial charge in [0.15, 0.2) is 0 Å². The average molecular weight is 273 g/mol. The Bertz CT molecular complexity index is 592. The molecular weight excluding hydrogens is 258 g/mol. The molecule has 1 aliphatic heterocycles. The van der Waals surface area contributed by atoms with Crippen LogP contribution in [0.25, 0.3) is 0 Å². The van der Waals surface area contributed by atoms with Gasteiger partial charge in [0.25, 0.3) is 0 Å². The average Bonchev–Trinajstić information content (AvgIpc) is 2.65. The van der Waals surface area contributed by atoms with Crippen molar-refractivity contribution in [3.05, 3.63) is 30.3 Å². The fourth-order valence-electron chi connectivity index (χ4n) is 1.75. The Morgan fingerprint density at radius 2 is 1.90 bits per heavy atom. The molecule has 2 amide bonds. The second kappa shape index (κ2) is 5.52. The van der Waals surface area contributed by atoms with Crippen LogP contribution >= 0.6 is 0 Å². The highest BCUT2D eigenvalue weighted by Gasteiger charge is 2.37. The number of benzene rings is 1. The lowest BCUT2D eigenvalue weighted by molar-refractivity contribution is -0.140. The lowest BCUT2D eigenvalue weighted by Crippen LogP contribution is -2.39. The molecule has 20 heavy (non-hydrogen) atoms. The summed E-state index contributed by atoms with van der Waals surface area (Å²) in [4.78, 5) is 32.3. The summed E-state index contributed by atoms with van der Waals surface area (Å²) in [5, 5.41) is 2.38. The van der Waals surface area contributed by atoms with Crippen LogP contribution in [0.1, 0.15) is 13.8 Å². The number of hydrogen-bond donors (Lipinski definition) is 2. The summed E-state index contributed by atoms with van der Waals surface area (Å²) in [5.74, 6) is -1.30. The zero-order valence-corrected chi connectivity index (χ0v) is 11.2. The van der Waals surface area contributed by atoms with E-state index in [1.54, 1.807) is 26.0 Å². The molecule has 2 rings (SSSR count). The van der Waals surface area contributed by atoms with Gasteiger partial charge in [0.05, 0.1) is 5.69 Å². The van der Waals surface area contributed by atoms with E-state index in [4.69, 9.17) is 5.73 Å². The fourth-order valence-corrected chi connectivity index (χ4v) is 1.75. The zero-order valence-electron chi connectivity index (χ0n) is 11.2. The molecule has 0 spiro atoms. The maximum absolute atomic E-state index is 11.6. The zero-order chi connectivity index (χ0) is 14.7. The van der Waals surface area contributed by atoms with E-state index < -0.39 is 11.8 Å². The van der Waals surface area contributed by atoms with Gasteiger partial charge in [0.1, 0.15) is 0 Å². The summed E-state index contributed by atoms with van der Waals surface area (Å²) in [5.41, 5.74) is 6.35. The minimum atomic E-state index is -0.718. The van der Waals surface area contributed by atoms with Crippen LogP contribution in [0.3, 0.4) is 0 Å². The third kappa shape index (κ3) is 2.82. The Morgan fingerprint density at radius 1 is 1.25 bits per heavy atom. The highest BCUT2D eigenvalue weighted by Crippen LogP contribution is 2.10. The van der Waals surface area contributed by atoms with Crippen LogP contribution in [0.5, 0.6) is 0 Å². The Morgan fingerprint density at radius 3 is 2.50 bits per heavy atom. The first-order valence-corrected chi connectivity index (χ1v) is 6.11. The molecule has 1 aromatic rings. The van der Waals surface area contributed by atoms with Crippen molar-refractivity contribution in [3.8, 4) is 0 Å². The van der Waals surface area contributed by atoms with Crippen molar-refractivity contribution in [1.82, 2.24) is 10.2 Å². The van der Waals surface area contributed by atoms with Gasteiger partial charge < -0.3 is 5.73 Å². The molecule has 7 heteroatoms. The fraction of sp³-hybridized carbons (Fsp3) is 0.231. The number of nitrogens with zero attached hydrogens (tertiary/aromatic N) is 3. The smallest absolute Gasteiger partial charge is 0.319 e. The lowest BCUT2D eigenvalue weighted by atomic mass is 10.3. The van der Waals surface area contributed by atoms with Gasteiger partial charge in [-0.1, -0.05) is 18.2 Å². The van der Waals surface area contributed by atoms with Gasteiger partial charge in [-0.05, 0) is 26.0 Å². The first-order chi connectivity index (χ1) is 9.49. The third-order valence-corrected chi connectivity index (χ3v) is 2.60. The molecule has 1 aromatic carbocycles. The van der Waals surface area contributed by atoms with E-state index in [0.29, 0.717) is 5.69 Å². The van der Waals surface area contributed by atoms with Gasteiger partial charge >= 0.3 is 11.8 Å². The summed E-state index contributed by atoms with van der Waals surface area (Å²) >= 11 is 0. The van der Waals surface area contributed by atoms with E-state index >= 15 is 0 Å². The van der Waals surface area contributed by atoms with Crippen LogP contribution in [0.2, 0.25) is 0 Å². The monoisotopic (exact) mass is 273 g/mol. The molecule has 104 valence electrons. The highest BCUT2D eigenvalue weighted by atomic mass is 16.2. The second-order valence-corrected chi connectivity index (χ2v) is 4.46. The molecule has 1 heterocycles. The number of carbonyl (C=O) groups excluding carboxylic acids is 2. The largest absolute Gasteiger partial charge is 0.368 e. The van der Waals surface area contributed by atoms with Crippen molar-refractivity contribution in [1.29, 1.82) is 0 Å². The van der Waals surface area contributed by atoms with Gasteiger partial charge in [-0.2, -0.15) is 4.99 Å². The van der Waals surface area contributed by atoms with Crippen molar-refractivity contribution in [2.75, 3.05) is 0 Å². The van der Waals surface area contributed by atoms with Gasteiger partial charge in [-0.15, -0.1) is 0 Å². The Kier molecular flexibility index (Phi) is 3.79. The lowest BCUT2D eigenvalue weighted by Gasteiger charge is -2.18. The number of carbonyl (C=O) groups is 2. The molecule has 0 bridgehead atoms. The van der Waals surface area contributed by atoms with Crippen LogP contribution < -0.4 is 11.1 Å². The molecule has 1 fully saturated rings. The van der Waals surface area contributed by atoms with Crippen LogP contribution in [0.15, 0.2) is 40.3 Å². The van der Waals surface area contributed by atoms with Crippen LogP contribution in [0, 0.1) is 0 Å². The number of aliphatic imine (C=N–C) groups is 2. The third-order valence-electron chi connectivity index (χ3n) is 2.60. The normalized spacial score (nSPS) is 18.1. The van der Waals surface area contributed by atoms with Crippen LogP contribution in [-0.2, 0) is 9.59 Å².